The highest BCUT2D eigenvalue weighted by Gasteiger charge is 2.70. The number of halogens is 6. The van der Waals surface area contributed by atoms with Gasteiger partial charge in [0.05, 0.1) is 6.54 Å². The minimum absolute atomic E-state index is 0.0432. The number of rotatable bonds is 11. The van der Waals surface area contributed by atoms with Gasteiger partial charge >= 0.3 is 6.18 Å². The lowest BCUT2D eigenvalue weighted by Gasteiger charge is -2.36. The van der Waals surface area contributed by atoms with Gasteiger partial charge in [-0.1, -0.05) is 44.0 Å². The van der Waals surface area contributed by atoms with Crippen LogP contribution in [0.3, 0.4) is 0 Å². The molecule has 0 spiro atoms. The highest BCUT2D eigenvalue weighted by Crippen LogP contribution is 2.59. The molecule has 7 atom stereocenters. The van der Waals surface area contributed by atoms with Crippen molar-refractivity contribution in [2.45, 2.75) is 154 Å². The van der Waals surface area contributed by atoms with Crippen molar-refractivity contribution < 1.29 is 51.1 Å². The van der Waals surface area contributed by atoms with E-state index in [0.717, 1.165) is 4.90 Å². The average molecular weight is 935 g/mol. The number of carbonyl (C=O) groups excluding carboxylic acids is 7. The second kappa shape index (κ2) is 21.2. The Morgan fingerprint density at radius 1 is 1.00 bits per heavy atom. The summed E-state index contributed by atoms with van der Waals surface area (Å²) in [5, 5.41) is 8.73. The number of likely N-dealkylation sites (N-methyl/N-ethyl adjacent to an activating group) is 2. The SMILES string of the molecule is CC[C@H](NC(=O)[C@@H]1C[C@@H](F)CN1C(=O)C1(C(F)(F)F)CC1)C(=O)N(C)[C@H]1CCCCN(C(C)C)C(=O)[C@@H](C)NC(=O)[C@H](Cc2cc(Cl)ccc2Cl)N(C)C(=O)[C@H](CC(C)C)NC1=O. The molecule has 20 heteroatoms. The molecule has 3 fully saturated rings. The highest BCUT2D eigenvalue weighted by molar-refractivity contribution is 6.33. The number of nitrogens with zero attached hydrogens (tertiary/aromatic N) is 4. The number of hydrogen-bond acceptors (Lipinski definition) is 7. The second-order valence-corrected chi connectivity index (χ2v) is 18.6. The fraction of sp³-hybridized carbons (Fsp3) is 0.698. The van der Waals surface area contributed by atoms with E-state index in [2.05, 4.69) is 16.0 Å². The number of amides is 7. The number of hydrogen-bond donors (Lipinski definition) is 3. The number of carbonyl (C=O) groups is 7. The van der Waals surface area contributed by atoms with Crippen LogP contribution in [0.2, 0.25) is 10.0 Å². The summed E-state index contributed by atoms with van der Waals surface area (Å²) in [6.45, 7) is 9.93. The molecule has 3 N–H and O–H groups in total. The highest BCUT2D eigenvalue weighted by atomic mass is 35.5. The Labute approximate surface area is 376 Å². The molecule has 0 unspecified atom stereocenters. The third-order valence-electron chi connectivity index (χ3n) is 12.3. The number of alkyl halides is 4. The first kappa shape index (κ1) is 51.4. The molecule has 1 saturated carbocycles. The molecule has 0 bridgehead atoms. The molecule has 0 aromatic heterocycles. The van der Waals surface area contributed by atoms with Crippen molar-refractivity contribution in [1.82, 2.24) is 35.6 Å². The number of likely N-dealkylation sites (tertiary alicyclic amines) is 1. The van der Waals surface area contributed by atoms with Gasteiger partial charge in [-0.15, -0.1) is 0 Å². The van der Waals surface area contributed by atoms with Gasteiger partial charge < -0.3 is 35.6 Å². The average Bonchev–Trinajstić information content (AvgIpc) is 3.95. The maximum atomic E-state index is 14.7. The Hall–Kier alpha value is -4.19. The first-order chi connectivity index (χ1) is 29.3. The van der Waals surface area contributed by atoms with E-state index in [1.165, 1.54) is 19.0 Å². The van der Waals surface area contributed by atoms with Crippen LogP contribution >= 0.6 is 23.2 Å². The fourth-order valence-electron chi connectivity index (χ4n) is 8.32. The Morgan fingerprint density at radius 3 is 2.22 bits per heavy atom. The third-order valence-corrected chi connectivity index (χ3v) is 12.9. The molecule has 7 amide bonds. The number of benzene rings is 1. The topological polar surface area (TPSA) is 169 Å². The van der Waals surface area contributed by atoms with Gasteiger partial charge in [-0.3, -0.25) is 33.6 Å². The van der Waals surface area contributed by atoms with Crippen molar-refractivity contribution in [2.75, 3.05) is 27.2 Å². The van der Waals surface area contributed by atoms with Crippen molar-refractivity contribution in [2.24, 2.45) is 11.3 Å². The third kappa shape index (κ3) is 12.1. The lowest BCUT2D eigenvalue weighted by molar-refractivity contribution is -0.199. The van der Waals surface area contributed by atoms with Gasteiger partial charge in [0.25, 0.3) is 0 Å². The van der Waals surface area contributed by atoms with Crippen LogP contribution in [0.1, 0.15) is 98.5 Å². The molecule has 1 aromatic carbocycles. The van der Waals surface area contributed by atoms with Crippen LogP contribution in [0.4, 0.5) is 17.6 Å². The van der Waals surface area contributed by atoms with Gasteiger partial charge in [0.2, 0.25) is 41.4 Å². The van der Waals surface area contributed by atoms with Crippen LogP contribution in [0.5, 0.6) is 0 Å². The molecular formula is C43H61Cl2F4N7O7. The molecule has 63 heavy (non-hydrogen) atoms. The molecule has 2 heterocycles. The zero-order chi connectivity index (χ0) is 47.3. The lowest BCUT2D eigenvalue weighted by atomic mass is 9.98. The smallest absolute Gasteiger partial charge is 0.343 e. The van der Waals surface area contributed by atoms with E-state index >= 15 is 0 Å². The summed E-state index contributed by atoms with van der Waals surface area (Å²) < 4.78 is 56.3. The summed E-state index contributed by atoms with van der Waals surface area (Å²) in [5.74, 6) is -5.68. The Bertz CT molecular complexity index is 1880. The maximum absolute atomic E-state index is 14.7. The molecule has 14 nitrogen and oxygen atoms in total. The molecule has 1 aromatic rings. The van der Waals surface area contributed by atoms with E-state index in [9.17, 15) is 51.1 Å². The van der Waals surface area contributed by atoms with Gasteiger partial charge in [0.15, 0.2) is 0 Å². The summed E-state index contributed by atoms with van der Waals surface area (Å²) in [5.41, 5.74) is -2.22. The summed E-state index contributed by atoms with van der Waals surface area (Å²) in [7, 11) is 2.75. The van der Waals surface area contributed by atoms with Crippen LogP contribution < -0.4 is 16.0 Å². The van der Waals surface area contributed by atoms with Crippen molar-refractivity contribution in [3.63, 3.8) is 0 Å². The predicted molar refractivity (Wildman–Crippen MR) is 228 cm³/mol. The van der Waals surface area contributed by atoms with E-state index < -0.39 is 115 Å². The molecule has 3 aliphatic rings. The largest absolute Gasteiger partial charge is 0.403 e. The van der Waals surface area contributed by atoms with Crippen LogP contribution in [0, 0.1) is 11.3 Å². The normalized spacial score (nSPS) is 25.8. The van der Waals surface area contributed by atoms with E-state index in [4.69, 9.17) is 23.2 Å². The van der Waals surface area contributed by atoms with Crippen molar-refractivity contribution in [3.8, 4) is 0 Å². The second-order valence-electron chi connectivity index (χ2n) is 17.8. The quantitative estimate of drug-likeness (QED) is 0.268. The van der Waals surface area contributed by atoms with Gasteiger partial charge in [-0.05, 0) is 95.4 Å². The molecule has 1 aliphatic carbocycles. The van der Waals surface area contributed by atoms with Crippen molar-refractivity contribution in [3.05, 3.63) is 33.8 Å². The molecule has 2 aliphatic heterocycles. The fourth-order valence-corrected chi connectivity index (χ4v) is 8.71. The predicted octanol–water partition coefficient (Wildman–Crippen LogP) is 4.82. The zero-order valence-corrected chi connectivity index (χ0v) is 38.6. The minimum atomic E-state index is -4.88. The molecular weight excluding hydrogens is 873 g/mol. The zero-order valence-electron chi connectivity index (χ0n) is 37.1. The number of nitrogens with one attached hydrogen (secondary N) is 3. The molecule has 2 saturated heterocycles. The first-order valence-corrected chi connectivity index (χ1v) is 22.3. The van der Waals surface area contributed by atoms with Crippen LogP contribution in [0.25, 0.3) is 0 Å². The van der Waals surface area contributed by atoms with E-state index in [1.54, 1.807) is 36.9 Å². The van der Waals surface area contributed by atoms with E-state index in [0.29, 0.717) is 28.3 Å². The van der Waals surface area contributed by atoms with Gasteiger partial charge in [0, 0.05) is 49.6 Å². The molecule has 352 valence electrons. The Morgan fingerprint density at radius 2 is 1.65 bits per heavy atom. The van der Waals surface area contributed by atoms with Gasteiger partial charge in [-0.2, -0.15) is 13.2 Å². The monoisotopic (exact) mass is 933 g/mol. The van der Waals surface area contributed by atoms with Crippen LogP contribution in [-0.4, -0.2) is 143 Å². The lowest BCUT2D eigenvalue weighted by Crippen LogP contribution is -2.60. The summed E-state index contributed by atoms with van der Waals surface area (Å²) in [4.78, 5) is 102. The summed E-state index contributed by atoms with van der Waals surface area (Å²) >= 11 is 12.8. The standard InChI is InChI=1S/C43H61Cl2F4N7O7/c1-9-30(51-37(59)34-21-28(46)22-56(34)41(63)42(15-16-42)43(47,48)49)39(61)53(7)32-12-10-11-17-55(24(4)5)38(60)25(6)50-36(58)33(20-26-19-27(44)13-14-29(26)45)54(8)40(62)31(18-23(2)3)52-35(32)57/h13-14,19,23-25,28,30-34H,9-12,15-18,20-22H2,1-8H3,(H,50,58)(H,51,59)(H,52,57)/t25-,28-,30+,31+,32+,33+,34+/m1/s1. The minimum Gasteiger partial charge on any atom is -0.343 e. The van der Waals surface area contributed by atoms with Crippen LogP contribution in [0.15, 0.2) is 18.2 Å². The molecule has 0 radical (unpaired) electrons. The van der Waals surface area contributed by atoms with Crippen molar-refractivity contribution >= 4 is 64.6 Å². The van der Waals surface area contributed by atoms with E-state index in [1.807, 2.05) is 27.7 Å². The Balaban J connectivity index is 1.66. The summed E-state index contributed by atoms with van der Waals surface area (Å²) in [6.07, 6.45) is -7.45. The van der Waals surface area contributed by atoms with Crippen LogP contribution in [-0.2, 0) is 40.0 Å². The molecule has 4 rings (SSSR count). The maximum Gasteiger partial charge on any atom is 0.403 e. The Kier molecular flexibility index (Phi) is 17.3. The van der Waals surface area contributed by atoms with Gasteiger partial charge in [0.1, 0.15) is 47.8 Å². The summed E-state index contributed by atoms with van der Waals surface area (Å²) in [6, 6.07) is -3.20. The first-order valence-electron chi connectivity index (χ1n) is 21.6. The van der Waals surface area contributed by atoms with Crippen molar-refractivity contribution in [1.29, 1.82) is 0 Å². The van der Waals surface area contributed by atoms with E-state index in [-0.39, 0.29) is 55.1 Å². The van der Waals surface area contributed by atoms with Gasteiger partial charge in [-0.25, -0.2) is 4.39 Å².